The molecule has 0 aliphatic heterocycles. The molecule has 0 amide bonds. The summed E-state index contributed by atoms with van der Waals surface area (Å²) in [6.45, 7) is 10.2. The van der Waals surface area contributed by atoms with E-state index in [1.807, 2.05) is 20.8 Å². The highest BCUT2D eigenvalue weighted by Gasteiger charge is 2.39. The first-order valence-electron chi connectivity index (χ1n) is 7.23. The van der Waals surface area contributed by atoms with Crippen LogP contribution in [-0.2, 0) is 27.5 Å². The molecule has 120 valence electrons. The molecule has 7 heteroatoms. The number of hydrogen-bond donors (Lipinski definition) is 0. The maximum Gasteiger partial charge on any atom is 0.501 e. The molecule has 0 fully saturated rings. The largest absolute Gasteiger partial charge is 0.501 e. The van der Waals surface area contributed by atoms with Gasteiger partial charge in [0.2, 0.25) is 0 Å². The fourth-order valence-electron chi connectivity index (χ4n) is 1.74. The topological polar surface area (TPSA) is 63.2 Å². The van der Waals surface area contributed by atoms with Gasteiger partial charge in [-0.25, -0.2) is 0 Å². The van der Waals surface area contributed by atoms with Gasteiger partial charge in [0.15, 0.2) is 0 Å². The molecule has 0 saturated heterocycles. The zero-order valence-corrected chi connectivity index (χ0v) is 14.1. The molecule has 0 unspecified atom stereocenters. The van der Waals surface area contributed by atoms with Gasteiger partial charge in [0, 0.05) is 39.4 Å². The van der Waals surface area contributed by atoms with Gasteiger partial charge < -0.3 is 22.8 Å². The zero-order chi connectivity index (χ0) is 15.3. The minimum Gasteiger partial charge on any atom is -0.463 e. The molecular formula is C13H28O6Si. The molecule has 0 saturated carbocycles. The quantitative estimate of drug-likeness (QED) is 0.295. The van der Waals surface area contributed by atoms with E-state index in [0.29, 0.717) is 39.6 Å². The molecule has 0 rings (SSSR count). The predicted octanol–water partition coefficient (Wildman–Crippen LogP) is 2.00. The van der Waals surface area contributed by atoms with Gasteiger partial charge in [0.1, 0.15) is 6.61 Å². The normalized spacial score (nSPS) is 11.6. The molecule has 0 bridgehead atoms. The van der Waals surface area contributed by atoms with Crippen molar-refractivity contribution >= 4 is 14.8 Å². The van der Waals surface area contributed by atoms with Crippen LogP contribution in [0.15, 0.2) is 0 Å². The van der Waals surface area contributed by atoms with Gasteiger partial charge in [-0.15, -0.1) is 0 Å². The summed E-state index contributed by atoms with van der Waals surface area (Å²) in [5, 5.41) is 0. The number of carbonyl (C=O) groups excluding carboxylic acids is 1. The second-order valence-corrected chi connectivity index (χ2v) is 6.77. The Kier molecular flexibility index (Phi) is 12.0. The number of hydrogen-bond acceptors (Lipinski definition) is 6. The number of ether oxygens (including phenoxy) is 2. The van der Waals surface area contributed by atoms with Crippen molar-refractivity contribution in [3.8, 4) is 0 Å². The molecule has 0 radical (unpaired) electrons. The first-order valence-corrected chi connectivity index (χ1v) is 9.16. The van der Waals surface area contributed by atoms with Crippen molar-refractivity contribution in [2.75, 3.05) is 39.6 Å². The van der Waals surface area contributed by atoms with E-state index in [-0.39, 0.29) is 5.97 Å². The smallest absolute Gasteiger partial charge is 0.463 e. The molecule has 0 aliphatic carbocycles. The SMILES string of the molecule is CCO[Si](CCCOCCOC(C)=O)(OCC)OCC. The summed E-state index contributed by atoms with van der Waals surface area (Å²) >= 11 is 0. The third kappa shape index (κ3) is 9.43. The summed E-state index contributed by atoms with van der Waals surface area (Å²) in [4.78, 5) is 10.6. The Labute approximate surface area is 123 Å². The molecule has 0 aromatic carbocycles. The molecule has 20 heavy (non-hydrogen) atoms. The first kappa shape index (κ1) is 19.5. The Morgan fingerprint density at radius 3 is 1.90 bits per heavy atom. The van der Waals surface area contributed by atoms with Crippen LogP contribution in [0, 0.1) is 0 Å². The Bertz CT molecular complexity index is 232. The summed E-state index contributed by atoms with van der Waals surface area (Å²) in [6, 6.07) is 0.732. The van der Waals surface area contributed by atoms with Gasteiger partial charge in [0.25, 0.3) is 0 Å². The Balaban J connectivity index is 3.91. The highest BCUT2D eigenvalue weighted by atomic mass is 28.4. The highest BCUT2D eigenvalue weighted by Crippen LogP contribution is 2.18. The average Bonchev–Trinajstić information content (AvgIpc) is 2.38. The lowest BCUT2D eigenvalue weighted by Crippen LogP contribution is -2.46. The molecule has 0 aromatic rings. The minimum atomic E-state index is -2.55. The van der Waals surface area contributed by atoms with Gasteiger partial charge in [-0.05, 0) is 27.2 Å². The first-order chi connectivity index (χ1) is 9.60. The third-order valence-corrected chi connectivity index (χ3v) is 5.55. The molecule has 0 N–H and O–H groups in total. The maximum atomic E-state index is 10.6. The lowest BCUT2D eigenvalue weighted by molar-refractivity contribution is -0.142. The third-order valence-electron chi connectivity index (χ3n) is 2.40. The van der Waals surface area contributed by atoms with E-state index in [4.69, 9.17) is 22.8 Å². The zero-order valence-electron chi connectivity index (χ0n) is 13.1. The summed E-state index contributed by atoms with van der Waals surface area (Å²) in [6.07, 6.45) is 0.798. The van der Waals surface area contributed by atoms with Crippen molar-refractivity contribution < 1.29 is 27.5 Å². The van der Waals surface area contributed by atoms with Crippen molar-refractivity contribution in [2.45, 2.75) is 40.2 Å². The van der Waals surface area contributed by atoms with E-state index in [0.717, 1.165) is 12.5 Å². The summed E-state index contributed by atoms with van der Waals surface area (Å²) in [5.74, 6) is -0.288. The van der Waals surface area contributed by atoms with Gasteiger partial charge in [-0.2, -0.15) is 0 Å². The fraction of sp³-hybridized carbons (Fsp3) is 0.923. The average molecular weight is 308 g/mol. The van der Waals surface area contributed by atoms with E-state index >= 15 is 0 Å². The van der Waals surface area contributed by atoms with E-state index in [2.05, 4.69) is 0 Å². The van der Waals surface area contributed by atoms with Crippen molar-refractivity contribution in [1.29, 1.82) is 0 Å². The lowest BCUT2D eigenvalue weighted by Gasteiger charge is -2.28. The van der Waals surface area contributed by atoms with Gasteiger partial charge in [-0.3, -0.25) is 4.79 Å². The predicted molar refractivity (Wildman–Crippen MR) is 77.5 cm³/mol. The molecule has 0 aliphatic rings. The second kappa shape index (κ2) is 12.3. The number of rotatable bonds is 13. The van der Waals surface area contributed by atoms with Crippen LogP contribution < -0.4 is 0 Å². The standard InChI is InChI=1S/C13H28O6Si/c1-5-17-20(18-6-2,19-7-3)12-8-9-15-10-11-16-13(4)14/h5-12H2,1-4H3. The Morgan fingerprint density at radius 1 is 0.900 bits per heavy atom. The highest BCUT2D eigenvalue weighted by molar-refractivity contribution is 6.60. The fourth-order valence-corrected chi connectivity index (χ4v) is 4.32. The van der Waals surface area contributed by atoms with E-state index in [1.165, 1.54) is 6.92 Å². The number of carbonyl (C=O) groups is 1. The Morgan fingerprint density at radius 2 is 1.45 bits per heavy atom. The minimum absolute atomic E-state index is 0.288. The maximum absolute atomic E-state index is 10.6. The van der Waals surface area contributed by atoms with Crippen LogP contribution in [0.2, 0.25) is 6.04 Å². The van der Waals surface area contributed by atoms with Crippen LogP contribution in [0.5, 0.6) is 0 Å². The van der Waals surface area contributed by atoms with Crippen molar-refractivity contribution in [3.05, 3.63) is 0 Å². The molecule has 0 aromatic heterocycles. The number of esters is 1. The molecule has 0 atom stereocenters. The van der Waals surface area contributed by atoms with Gasteiger partial charge in [-0.1, -0.05) is 0 Å². The van der Waals surface area contributed by atoms with Crippen LogP contribution in [-0.4, -0.2) is 54.4 Å². The van der Waals surface area contributed by atoms with Crippen LogP contribution in [0.4, 0.5) is 0 Å². The van der Waals surface area contributed by atoms with E-state index in [9.17, 15) is 4.79 Å². The lowest BCUT2D eigenvalue weighted by atomic mass is 10.5. The molecular weight excluding hydrogens is 280 g/mol. The van der Waals surface area contributed by atoms with E-state index in [1.54, 1.807) is 0 Å². The van der Waals surface area contributed by atoms with Crippen molar-refractivity contribution in [3.63, 3.8) is 0 Å². The Hall–Kier alpha value is -0.473. The van der Waals surface area contributed by atoms with E-state index < -0.39 is 8.80 Å². The second-order valence-electron chi connectivity index (χ2n) is 4.04. The molecule has 6 nitrogen and oxygen atoms in total. The van der Waals surface area contributed by atoms with Crippen LogP contribution in [0.1, 0.15) is 34.1 Å². The van der Waals surface area contributed by atoms with Crippen LogP contribution in [0.3, 0.4) is 0 Å². The van der Waals surface area contributed by atoms with Crippen LogP contribution >= 0.6 is 0 Å². The summed E-state index contributed by atoms with van der Waals surface area (Å²) in [7, 11) is -2.55. The molecule has 0 spiro atoms. The summed E-state index contributed by atoms with van der Waals surface area (Å²) in [5.41, 5.74) is 0. The van der Waals surface area contributed by atoms with Crippen molar-refractivity contribution in [1.82, 2.24) is 0 Å². The van der Waals surface area contributed by atoms with Gasteiger partial charge in [0.05, 0.1) is 6.61 Å². The van der Waals surface area contributed by atoms with Crippen molar-refractivity contribution in [2.24, 2.45) is 0 Å². The van der Waals surface area contributed by atoms with Crippen LogP contribution in [0.25, 0.3) is 0 Å². The monoisotopic (exact) mass is 308 g/mol. The van der Waals surface area contributed by atoms with Gasteiger partial charge >= 0.3 is 14.8 Å². The summed E-state index contributed by atoms with van der Waals surface area (Å²) < 4.78 is 27.4. The molecule has 0 heterocycles.